The summed E-state index contributed by atoms with van der Waals surface area (Å²) in [5.74, 6) is 0. The third kappa shape index (κ3) is 4.88. The summed E-state index contributed by atoms with van der Waals surface area (Å²) >= 11 is 3.37. The zero-order valence-electron chi connectivity index (χ0n) is 12.2. The van der Waals surface area contributed by atoms with Gasteiger partial charge in [0, 0.05) is 0 Å². The van der Waals surface area contributed by atoms with Gasteiger partial charge < -0.3 is 4.43 Å². The van der Waals surface area contributed by atoms with Crippen LogP contribution in [0.1, 0.15) is 53.9 Å². The van der Waals surface area contributed by atoms with Crippen LogP contribution in [-0.2, 0) is 4.43 Å². The van der Waals surface area contributed by atoms with Crippen LogP contribution in [0.15, 0.2) is 11.1 Å². The zero-order chi connectivity index (χ0) is 13.4. The quantitative estimate of drug-likeness (QED) is 0.483. The summed E-state index contributed by atoms with van der Waals surface area (Å²) in [4.78, 5) is 1.96. The molecule has 0 fully saturated rings. The van der Waals surface area contributed by atoms with Crippen molar-refractivity contribution in [3.05, 3.63) is 11.1 Å². The molecule has 0 aromatic carbocycles. The Labute approximate surface area is 117 Å². The first-order chi connectivity index (χ1) is 8.07. The van der Waals surface area contributed by atoms with Gasteiger partial charge in [-0.1, -0.05) is 56.6 Å². The molecule has 0 bridgehead atoms. The Morgan fingerprint density at radius 3 is 1.76 bits per heavy atom. The van der Waals surface area contributed by atoms with Crippen LogP contribution >= 0.6 is 15.9 Å². The van der Waals surface area contributed by atoms with E-state index in [1.165, 1.54) is 18.1 Å². The predicted molar refractivity (Wildman–Crippen MR) is 84.3 cm³/mol. The molecule has 0 saturated heterocycles. The van der Waals surface area contributed by atoms with Crippen molar-refractivity contribution in [2.75, 3.05) is 0 Å². The number of hydrogen-bond acceptors (Lipinski definition) is 1. The van der Waals surface area contributed by atoms with Gasteiger partial charge in [-0.25, -0.2) is 0 Å². The molecule has 1 nitrogen and oxygen atoms in total. The first-order valence-corrected chi connectivity index (χ1v) is 10.5. The lowest BCUT2D eigenvalue weighted by atomic mass is 9.94. The van der Waals surface area contributed by atoms with Crippen molar-refractivity contribution >= 4 is 24.2 Å². The molecule has 0 rings (SSSR count). The Kier molecular flexibility index (Phi) is 8.69. The van der Waals surface area contributed by atoms with Crippen LogP contribution < -0.4 is 0 Å². The molecule has 0 aliphatic heterocycles. The second kappa shape index (κ2) is 8.49. The Morgan fingerprint density at radius 1 is 1.00 bits per heavy atom. The van der Waals surface area contributed by atoms with Crippen molar-refractivity contribution in [2.45, 2.75) is 77.6 Å². The van der Waals surface area contributed by atoms with Crippen molar-refractivity contribution in [2.24, 2.45) is 0 Å². The van der Waals surface area contributed by atoms with Gasteiger partial charge >= 0.3 is 0 Å². The fourth-order valence-electron chi connectivity index (χ4n) is 2.41. The highest BCUT2D eigenvalue weighted by molar-refractivity contribution is 9.11. The van der Waals surface area contributed by atoms with Crippen molar-refractivity contribution in [3.8, 4) is 0 Å². The maximum Gasteiger partial charge on any atom is 0.192 e. The smallest absolute Gasteiger partial charge is 0.192 e. The fraction of sp³-hybridized carbons (Fsp3) is 0.857. The van der Waals surface area contributed by atoms with Gasteiger partial charge in [-0.05, 0) is 42.4 Å². The molecule has 102 valence electrons. The van der Waals surface area contributed by atoms with E-state index < -0.39 is 8.32 Å². The molecule has 0 radical (unpaired) electrons. The van der Waals surface area contributed by atoms with Gasteiger partial charge in [-0.2, -0.15) is 0 Å². The number of halogens is 1. The van der Waals surface area contributed by atoms with Crippen molar-refractivity contribution in [1.82, 2.24) is 0 Å². The van der Waals surface area contributed by atoms with Crippen LogP contribution in [-0.4, -0.2) is 13.9 Å². The average Bonchev–Trinajstić information content (AvgIpc) is 2.41. The predicted octanol–water partition coefficient (Wildman–Crippen LogP) is 5.87. The molecular weight excluding hydrogens is 292 g/mol. The van der Waals surface area contributed by atoms with E-state index in [9.17, 15) is 0 Å². The van der Waals surface area contributed by atoms with E-state index in [1.807, 2.05) is 4.99 Å². The van der Waals surface area contributed by atoms with Crippen LogP contribution in [0.2, 0.25) is 18.1 Å². The SMILES string of the molecule is CCC(CC)(C/C=C/Br)O[Si](CC)(CC)CC. The largest absolute Gasteiger partial charge is 0.411 e. The van der Waals surface area contributed by atoms with Gasteiger partial charge in [0.1, 0.15) is 0 Å². The van der Waals surface area contributed by atoms with Crippen molar-refractivity contribution in [1.29, 1.82) is 0 Å². The van der Waals surface area contributed by atoms with Crippen molar-refractivity contribution in [3.63, 3.8) is 0 Å². The summed E-state index contributed by atoms with van der Waals surface area (Å²) < 4.78 is 6.74. The fourth-order valence-corrected chi connectivity index (χ4v) is 5.82. The maximum absolute atomic E-state index is 6.74. The van der Waals surface area contributed by atoms with E-state index >= 15 is 0 Å². The minimum Gasteiger partial charge on any atom is -0.411 e. The molecule has 0 unspecified atom stereocenters. The van der Waals surface area contributed by atoms with Crippen LogP contribution in [0.4, 0.5) is 0 Å². The number of hydrogen-bond donors (Lipinski definition) is 0. The molecule has 0 spiro atoms. The van der Waals surface area contributed by atoms with Gasteiger partial charge in [0.15, 0.2) is 8.32 Å². The highest BCUT2D eigenvalue weighted by Crippen LogP contribution is 2.34. The van der Waals surface area contributed by atoms with E-state index in [1.54, 1.807) is 0 Å². The highest BCUT2D eigenvalue weighted by Gasteiger charge is 2.38. The molecular formula is C14H29BrOSi. The van der Waals surface area contributed by atoms with Crippen LogP contribution in [0.25, 0.3) is 0 Å². The Balaban J connectivity index is 4.93. The van der Waals surface area contributed by atoms with Crippen LogP contribution in [0.3, 0.4) is 0 Å². The molecule has 0 aliphatic carbocycles. The Morgan fingerprint density at radius 2 is 1.47 bits per heavy atom. The molecule has 0 aromatic heterocycles. The third-order valence-electron chi connectivity index (χ3n) is 4.23. The minimum absolute atomic E-state index is 0.0680. The van der Waals surface area contributed by atoms with Gasteiger partial charge in [0.25, 0.3) is 0 Å². The van der Waals surface area contributed by atoms with Gasteiger partial charge in [-0.15, -0.1) is 0 Å². The van der Waals surface area contributed by atoms with Gasteiger partial charge in [0.05, 0.1) is 5.60 Å². The van der Waals surface area contributed by atoms with Crippen molar-refractivity contribution < 1.29 is 4.43 Å². The van der Waals surface area contributed by atoms with E-state index in [0.717, 1.165) is 19.3 Å². The van der Waals surface area contributed by atoms with E-state index in [0.29, 0.717) is 0 Å². The van der Waals surface area contributed by atoms with Crippen LogP contribution in [0, 0.1) is 0 Å². The van der Waals surface area contributed by atoms with Crippen LogP contribution in [0.5, 0.6) is 0 Å². The molecule has 0 atom stereocenters. The average molecular weight is 321 g/mol. The zero-order valence-corrected chi connectivity index (χ0v) is 14.8. The molecule has 0 aromatic rings. The van der Waals surface area contributed by atoms with Gasteiger partial charge in [-0.3, -0.25) is 0 Å². The normalized spacial score (nSPS) is 13.5. The summed E-state index contributed by atoms with van der Waals surface area (Å²) in [7, 11) is -1.49. The Bertz CT molecular complexity index is 212. The summed E-state index contributed by atoms with van der Waals surface area (Å²) in [5.41, 5.74) is 0.0680. The molecule has 0 heterocycles. The second-order valence-corrected chi connectivity index (χ2v) is 10.0. The molecule has 0 saturated carbocycles. The lowest BCUT2D eigenvalue weighted by Gasteiger charge is -2.41. The molecule has 0 aliphatic rings. The minimum atomic E-state index is -1.49. The lowest BCUT2D eigenvalue weighted by molar-refractivity contribution is 0.0505. The number of rotatable bonds is 9. The van der Waals surface area contributed by atoms with E-state index in [2.05, 4.69) is 56.6 Å². The topological polar surface area (TPSA) is 9.23 Å². The third-order valence-corrected chi connectivity index (χ3v) is 9.34. The summed E-state index contributed by atoms with van der Waals surface area (Å²) in [6.07, 6.45) is 5.43. The first-order valence-electron chi connectivity index (χ1n) is 7.02. The summed E-state index contributed by atoms with van der Waals surface area (Å²) in [6, 6.07) is 3.71. The van der Waals surface area contributed by atoms with Gasteiger partial charge in [0.2, 0.25) is 0 Å². The molecule has 0 N–H and O–H groups in total. The van der Waals surface area contributed by atoms with E-state index in [-0.39, 0.29) is 5.60 Å². The molecule has 3 heteroatoms. The second-order valence-electron chi connectivity index (χ2n) is 4.80. The van der Waals surface area contributed by atoms with E-state index in [4.69, 9.17) is 4.43 Å². The molecule has 0 amide bonds. The molecule has 17 heavy (non-hydrogen) atoms. The summed E-state index contributed by atoms with van der Waals surface area (Å²) in [6.45, 7) is 11.4. The first kappa shape index (κ1) is 17.4. The standard InChI is InChI=1S/C14H29BrOSi/c1-6-14(7-2,12-11-13-15)16-17(8-3,9-4)10-5/h11,13H,6-10,12H2,1-5H3/b13-11+. The Hall–Kier alpha value is 0.397. The summed E-state index contributed by atoms with van der Waals surface area (Å²) in [5, 5.41) is 0. The monoisotopic (exact) mass is 320 g/mol. The lowest BCUT2D eigenvalue weighted by Crippen LogP contribution is -2.46. The maximum atomic E-state index is 6.74. The highest BCUT2D eigenvalue weighted by atomic mass is 79.9.